The molecule has 8 heteroatoms. The number of likely N-dealkylation sites (N-methyl/N-ethyl adjacent to an activating group) is 1. The molecule has 1 aliphatic carbocycles. The lowest BCUT2D eigenvalue weighted by Crippen LogP contribution is -2.48. The van der Waals surface area contributed by atoms with E-state index < -0.39 is 23.6 Å². The molecule has 0 bridgehead atoms. The molecule has 0 unspecified atom stereocenters. The summed E-state index contributed by atoms with van der Waals surface area (Å²) in [4.78, 5) is 27.0. The van der Waals surface area contributed by atoms with E-state index in [1.807, 2.05) is 6.92 Å². The van der Waals surface area contributed by atoms with Crippen molar-refractivity contribution < 1.29 is 23.5 Å². The molecule has 0 spiro atoms. The van der Waals surface area contributed by atoms with Crippen molar-refractivity contribution in [3.63, 3.8) is 0 Å². The highest BCUT2D eigenvalue weighted by Crippen LogP contribution is 2.30. The van der Waals surface area contributed by atoms with E-state index >= 15 is 0 Å². The van der Waals surface area contributed by atoms with Crippen molar-refractivity contribution >= 4 is 22.7 Å². The molecule has 2 atom stereocenters. The molecule has 1 aliphatic rings. The summed E-state index contributed by atoms with van der Waals surface area (Å²) in [5, 5.41) is 13.1. The van der Waals surface area contributed by atoms with E-state index in [2.05, 4.69) is 5.32 Å². The van der Waals surface area contributed by atoms with Crippen LogP contribution in [0.5, 0.6) is 0 Å². The average molecular weight is 470 g/mol. The van der Waals surface area contributed by atoms with E-state index in [9.17, 15) is 23.5 Å². The molecule has 0 radical (unpaired) electrons. The first-order valence-corrected chi connectivity index (χ1v) is 11.6. The van der Waals surface area contributed by atoms with Crippen LogP contribution in [0.1, 0.15) is 58.9 Å². The number of benzene rings is 2. The smallest absolute Gasteiger partial charge is 0.256 e. The number of carbonyl (C=O) groups is 2. The highest BCUT2D eigenvalue weighted by Gasteiger charge is 2.33. The third-order valence-electron chi connectivity index (χ3n) is 6.66. The second-order valence-corrected chi connectivity index (χ2v) is 8.70. The molecule has 1 heterocycles. The van der Waals surface area contributed by atoms with Crippen LogP contribution < -0.4 is 5.32 Å². The summed E-state index contributed by atoms with van der Waals surface area (Å²) in [6.45, 7) is 2.29. The van der Waals surface area contributed by atoms with Gasteiger partial charge in [-0.15, -0.1) is 0 Å². The minimum atomic E-state index is -0.608. The van der Waals surface area contributed by atoms with Gasteiger partial charge in [-0.3, -0.25) is 9.59 Å². The molecule has 1 saturated carbocycles. The predicted octanol–water partition coefficient (Wildman–Crippen LogP) is 4.09. The van der Waals surface area contributed by atoms with Crippen molar-refractivity contribution in [2.45, 2.75) is 51.3 Å². The molecule has 1 fully saturated rings. The van der Waals surface area contributed by atoms with E-state index in [0.717, 1.165) is 18.9 Å². The Labute approximate surface area is 197 Å². The molecule has 2 aromatic carbocycles. The zero-order valence-corrected chi connectivity index (χ0v) is 19.4. The Kier molecular flexibility index (Phi) is 6.97. The monoisotopic (exact) mass is 469 g/mol. The first-order valence-electron chi connectivity index (χ1n) is 11.6. The summed E-state index contributed by atoms with van der Waals surface area (Å²) in [5.41, 5.74) is 1.17. The van der Waals surface area contributed by atoms with E-state index in [-0.39, 0.29) is 35.0 Å². The van der Waals surface area contributed by atoms with Crippen LogP contribution in [-0.4, -0.2) is 52.1 Å². The fourth-order valence-electron chi connectivity index (χ4n) is 4.88. The topological polar surface area (TPSA) is 74.6 Å². The zero-order valence-electron chi connectivity index (χ0n) is 19.4. The van der Waals surface area contributed by atoms with Gasteiger partial charge in [0.05, 0.1) is 29.8 Å². The summed E-state index contributed by atoms with van der Waals surface area (Å²) in [5.74, 6) is -1.84. The molecule has 0 saturated heterocycles. The number of amides is 2. The maximum atomic E-state index is 15.0. The number of nitrogens with one attached hydrogen (secondary N) is 1. The van der Waals surface area contributed by atoms with Crippen LogP contribution in [0.4, 0.5) is 8.78 Å². The Bertz CT molecular complexity index is 1220. The summed E-state index contributed by atoms with van der Waals surface area (Å²) in [6, 6.07) is 8.44. The van der Waals surface area contributed by atoms with Gasteiger partial charge in [0.2, 0.25) is 0 Å². The van der Waals surface area contributed by atoms with Crippen molar-refractivity contribution in [2.75, 3.05) is 13.6 Å². The number of carbonyl (C=O) groups excluding carboxylic acids is 2. The van der Waals surface area contributed by atoms with Gasteiger partial charge in [0.1, 0.15) is 11.6 Å². The lowest BCUT2D eigenvalue weighted by Gasteiger charge is -2.37. The highest BCUT2D eigenvalue weighted by molar-refractivity contribution is 6.07. The highest BCUT2D eigenvalue weighted by atomic mass is 19.1. The molecule has 1 aromatic heterocycles. The molecule has 2 amide bonds. The molecular formula is C26H29F2N3O3. The van der Waals surface area contributed by atoms with Crippen molar-refractivity contribution in [3.05, 3.63) is 70.9 Å². The van der Waals surface area contributed by atoms with Crippen LogP contribution >= 0.6 is 0 Å². The van der Waals surface area contributed by atoms with Gasteiger partial charge in [-0.2, -0.15) is 0 Å². The number of fused-ring (bicyclic) bond motifs is 1. The molecule has 4 rings (SSSR count). The summed E-state index contributed by atoms with van der Waals surface area (Å²) in [7, 11) is 1.47. The van der Waals surface area contributed by atoms with Gasteiger partial charge in [0, 0.05) is 36.3 Å². The number of aliphatic hydroxyl groups is 1. The Morgan fingerprint density at radius 2 is 1.91 bits per heavy atom. The fourth-order valence-corrected chi connectivity index (χ4v) is 4.88. The number of rotatable bonds is 6. The van der Waals surface area contributed by atoms with E-state index in [1.54, 1.807) is 27.8 Å². The normalized spacial score (nSPS) is 18.1. The summed E-state index contributed by atoms with van der Waals surface area (Å²) < 4.78 is 31.4. The van der Waals surface area contributed by atoms with Crippen LogP contribution in [0.3, 0.4) is 0 Å². The fraction of sp³-hybridized carbons (Fsp3) is 0.385. The van der Waals surface area contributed by atoms with Gasteiger partial charge in [-0.05, 0) is 44.0 Å². The maximum Gasteiger partial charge on any atom is 0.256 e. The van der Waals surface area contributed by atoms with Gasteiger partial charge in [-0.25, -0.2) is 8.78 Å². The lowest BCUT2D eigenvalue weighted by molar-refractivity contribution is 0.0197. The summed E-state index contributed by atoms with van der Waals surface area (Å²) >= 11 is 0. The third kappa shape index (κ3) is 4.42. The van der Waals surface area contributed by atoms with Crippen LogP contribution in [0, 0.1) is 11.6 Å². The second-order valence-electron chi connectivity index (χ2n) is 8.70. The molecule has 2 N–H and O–H groups in total. The number of aromatic nitrogens is 1. The van der Waals surface area contributed by atoms with Crippen molar-refractivity contribution in [1.29, 1.82) is 0 Å². The van der Waals surface area contributed by atoms with Gasteiger partial charge in [0.25, 0.3) is 11.8 Å². The Morgan fingerprint density at radius 1 is 1.15 bits per heavy atom. The zero-order chi connectivity index (χ0) is 24.4. The number of hydrogen-bond acceptors (Lipinski definition) is 3. The quantitative estimate of drug-likeness (QED) is 0.571. The van der Waals surface area contributed by atoms with Gasteiger partial charge in [0.15, 0.2) is 0 Å². The number of hydrogen-bond donors (Lipinski definition) is 2. The molecular weight excluding hydrogens is 440 g/mol. The first-order chi connectivity index (χ1) is 16.3. The van der Waals surface area contributed by atoms with Crippen molar-refractivity contribution in [1.82, 2.24) is 14.8 Å². The minimum Gasteiger partial charge on any atom is -0.391 e. The van der Waals surface area contributed by atoms with Gasteiger partial charge >= 0.3 is 0 Å². The largest absolute Gasteiger partial charge is 0.391 e. The Hall–Kier alpha value is -3.26. The third-order valence-corrected chi connectivity index (χ3v) is 6.66. The standard InChI is InChI=1S/C26H29F2N3O3/c1-3-31(21-8-4-5-10-23(21)32)26(34)18-15-30(22-9-6-7-19(27)24(18)22)14-17-12-11-16(13-20(17)28)25(33)29-2/h6-7,9,11-13,15,21,23,32H,3-5,8,10,14H2,1-2H3,(H,29,33)/t21-,23-/m0/s1. The molecule has 0 aliphatic heterocycles. The van der Waals surface area contributed by atoms with Crippen LogP contribution in [-0.2, 0) is 6.54 Å². The molecule has 180 valence electrons. The average Bonchev–Trinajstić information content (AvgIpc) is 3.21. The van der Waals surface area contributed by atoms with Crippen LogP contribution in [0.15, 0.2) is 42.6 Å². The Morgan fingerprint density at radius 3 is 2.59 bits per heavy atom. The molecule has 6 nitrogen and oxygen atoms in total. The number of halogens is 2. The van der Waals surface area contributed by atoms with E-state index in [1.165, 1.54) is 25.2 Å². The molecule has 3 aromatic rings. The first kappa shape index (κ1) is 23.9. The van der Waals surface area contributed by atoms with Gasteiger partial charge in [-0.1, -0.05) is 25.0 Å². The lowest BCUT2D eigenvalue weighted by atomic mass is 9.91. The predicted molar refractivity (Wildman–Crippen MR) is 126 cm³/mol. The van der Waals surface area contributed by atoms with Gasteiger partial charge < -0.3 is 19.9 Å². The van der Waals surface area contributed by atoms with E-state index in [0.29, 0.717) is 30.5 Å². The number of nitrogens with zero attached hydrogens (tertiary/aromatic N) is 2. The van der Waals surface area contributed by atoms with Crippen molar-refractivity contribution in [2.24, 2.45) is 0 Å². The SMILES string of the molecule is CCN(C(=O)c1cn(Cc2ccc(C(=O)NC)cc2F)c2cccc(F)c12)[C@H]1CCCC[C@@H]1O. The maximum absolute atomic E-state index is 15.0. The second kappa shape index (κ2) is 9.93. The number of aliphatic hydroxyl groups excluding tert-OH is 1. The van der Waals surface area contributed by atoms with Crippen molar-refractivity contribution in [3.8, 4) is 0 Å². The Balaban J connectivity index is 1.73. The van der Waals surface area contributed by atoms with E-state index in [4.69, 9.17) is 0 Å². The van der Waals surface area contributed by atoms with Crippen LogP contribution in [0.25, 0.3) is 10.9 Å². The minimum absolute atomic E-state index is 0.0608. The molecule has 34 heavy (non-hydrogen) atoms. The summed E-state index contributed by atoms with van der Waals surface area (Å²) in [6.07, 6.45) is 4.12. The van der Waals surface area contributed by atoms with Crippen LogP contribution in [0.2, 0.25) is 0 Å².